The summed E-state index contributed by atoms with van der Waals surface area (Å²) in [4.78, 5) is 11.5. The highest BCUT2D eigenvalue weighted by Gasteiger charge is 2.37. The molecule has 1 aliphatic carbocycles. The lowest BCUT2D eigenvalue weighted by Gasteiger charge is -2.27. The highest BCUT2D eigenvalue weighted by molar-refractivity contribution is 5.93. The van der Waals surface area contributed by atoms with Crippen LogP contribution in [0.3, 0.4) is 0 Å². The van der Waals surface area contributed by atoms with Gasteiger partial charge < -0.3 is 15.4 Å². The number of carbonyl (C=O) groups excluding carboxylic acids is 1. The molecule has 2 amide bonds. The molecule has 0 saturated heterocycles. The van der Waals surface area contributed by atoms with Crippen molar-refractivity contribution in [3.8, 4) is 5.75 Å². The van der Waals surface area contributed by atoms with Gasteiger partial charge in [0.25, 0.3) is 0 Å². The maximum absolute atomic E-state index is 11.5. The van der Waals surface area contributed by atoms with Gasteiger partial charge in [-0.2, -0.15) is 0 Å². The summed E-state index contributed by atoms with van der Waals surface area (Å²) in [5, 5.41) is 5.80. The van der Waals surface area contributed by atoms with Gasteiger partial charge in [-0.15, -0.1) is 0 Å². The number of hydrogen-bond acceptors (Lipinski definition) is 2. The van der Waals surface area contributed by atoms with E-state index in [4.69, 9.17) is 4.74 Å². The van der Waals surface area contributed by atoms with Crippen molar-refractivity contribution in [2.24, 2.45) is 5.92 Å². The Labute approximate surface area is 94.0 Å². The highest BCUT2D eigenvalue weighted by atomic mass is 16.5. The van der Waals surface area contributed by atoms with Gasteiger partial charge >= 0.3 is 6.03 Å². The Hall–Kier alpha value is -1.71. The van der Waals surface area contributed by atoms with Gasteiger partial charge in [0.15, 0.2) is 0 Å². The molecule has 1 unspecified atom stereocenters. The van der Waals surface area contributed by atoms with E-state index in [-0.39, 0.29) is 12.1 Å². The van der Waals surface area contributed by atoms with Gasteiger partial charge in [0, 0.05) is 6.07 Å². The molecule has 0 aromatic heterocycles. The number of nitrogens with one attached hydrogen (secondary N) is 2. The lowest BCUT2D eigenvalue weighted by Crippen LogP contribution is -2.38. The van der Waals surface area contributed by atoms with Gasteiger partial charge in [0.2, 0.25) is 0 Å². The number of urea groups is 1. The number of carbonyl (C=O) groups is 1. The first-order valence-corrected chi connectivity index (χ1v) is 5.53. The van der Waals surface area contributed by atoms with Gasteiger partial charge in [0.05, 0.1) is 18.8 Å². The van der Waals surface area contributed by atoms with E-state index in [9.17, 15) is 4.79 Å². The third-order valence-electron chi connectivity index (χ3n) is 3.22. The molecule has 1 aliphatic heterocycles. The minimum Gasteiger partial charge on any atom is -0.497 e. The van der Waals surface area contributed by atoms with Crippen LogP contribution in [-0.4, -0.2) is 13.1 Å². The molecule has 3 rings (SSSR count). The van der Waals surface area contributed by atoms with Crippen LogP contribution in [0.5, 0.6) is 5.75 Å². The normalized spacial score (nSPS) is 23.1. The second-order valence-corrected chi connectivity index (χ2v) is 4.37. The summed E-state index contributed by atoms with van der Waals surface area (Å²) in [6.45, 7) is 0. The van der Waals surface area contributed by atoms with Crippen molar-refractivity contribution in [3.63, 3.8) is 0 Å². The molecule has 1 aromatic rings. The molecular weight excluding hydrogens is 204 g/mol. The summed E-state index contributed by atoms with van der Waals surface area (Å²) < 4.78 is 5.16. The van der Waals surface area contributed by atoms with Gasteiger partial charge in [-0.25, -0.2) is 4.79 Å². The summed E-state index contributed by atoms with van der Waals surface area (Å²) >= 11 is 0. The van der Waals surface area contributed by atoms with Crippen molar-refractivity contribution in [1.82, 2.24) is 5.32 Å². The molecule has 16 heavy (non-hydrogen) atoms. The molecule has 1 heterocycles. The third kappa shape index (κ3) is 1.50. The molecule has 84 valence electrons. The molecule has 0 spiro atoms. The van der Waals surface area contributed by atoms with Gasteiger partial charge in [-0.05, 0) is 30.4 Å². The quantitative estimate of drug-likeness (QED) is 0.800. The Kier molecular flexibility index (Phi) is 2.02. The molecule has 4 nitrogen and oxygen atoms in total. The Bertz CT molecular complexity index is 441. The Morgan fingerprint density at radius 1 is 1.38 bits per heavy atom. The summed E-state index contributed by atoms with van der Waals surface area (Å²) in [7, 11) is 1.63. The average molecular weight is 218 g/mol. The SMILES string of the molecule is COc1ccc2c(c1)NC(=O)NC2C1CC1. The molecule has 2 aliphatic rings. The topological polar surface area (TPSA) is 50.4 Å². The first-order valence-electron chi connectivity index (χ1n) is 5.53. The molecule has 1 aromatic carbocycles. The average Bonchev–Trinajstić information content (AvgIpc) is 3.10. The minimum atomic E-state index is -0.113. The smallest absolute Gasteiger partial charge is 0.319 e. The van der Waals surface area contributed by atoms with Crippen molar-refractivity contribution >= 4 is 11.7 Å². The molecule has 1 atom stereocenters. The van der Waals surface area contributed by atoms with E-state index >= 15 is 0 Å². The van der Waals surface area contributed by atoms with E-state index in [1.54, 1.807) is 7.11 Å². The number of fused-ring (bicyclic) bond motifs is 1. The van der Waals surface area contributed by atoms with Crippen molar-refractivity contribution in [1.29, 1.82) is 0 Å². The number of amides is 2. The van der Waals surface area contributed by atoms with Crippen LogP contribution in [0, 0.1) is 5.92 Å². The second-order valence-electron chi connectivity index (χ2n) is 4.37. The van der Waals surface area contributed by atoms with Crippen LogP contribution < -0.4 is 15.4 Å². The minimum absolute atomic E-state index is 0.113. The number of rotatable bonds is 2. The first-order chi connectivity index (χ1) is 7.78. The van der Waals surface area contributed by atoms with Crippen LogP contribution >= 0.6 is 0 Å². The summed E-state index contributed by atoms with van der Waals surface area (Å²) in [6, 6.07) is 5.91. The third-order valence-corrected chi connectivity index (χ3v) is 3.22. The van der Waals surface area contributed by atoms with Crippen LogP contribution in [0.1, 0.15) is 24.4 Å². The predicted octanol–water partition coefficient (Wildman–Crippen LogP) is 2.28. The molecule has 0 radical (unpaired) electrons. The number of anilines is 1. The molecule has 1 saturated carbocycles. The Balaban J connectivity index is 2.01. The van der Waals surface area contributed by atoms with Gasteiger partial charge in [0.1, 0.15) is 5.75 Å². The van der Waals surface area contributed by atoms with E-state index in [2.05, 4.69) is 10.6 Å². The van der Waals surface area contributed by atoms with Crippen molar-refractivity contribution < 1.29 is 9.53 Å². The van der Waals surface area contributed by atoms with Gasteiger partial charge in [-0.3, -0.25) is 0 Å². The molecule has 1 fully saturated rings. The van der Waals surface area contributed by atoms with Crippen molar-refractivity contribution in [2.45, 2.75) is 18.9 Å². The van der Waals surface area contributed by atoms with Crippen LogP contribution in [0.25, 0.3) is 0 Å². The van der Waals surface area contributed by atoms with Crippen LogP contribution in [0.2, 0.25) is 0 Å². The first kappa shape index (κ1) is 9.51. The summed E-state index contributed by atoms with van der Waals surface area (Å²) in [6.07, 6.45) is 2.41. The summed E-state index contributed by atoms with van der Waals surface area (Å²) in [5.41, 5.74) is 2.04. The number of hydrogen-bond donors (Lipinski definition) is 2. The zero-order valence-electron chi connectivity index (χ0n) is 9.12. The lowest BCUT2D eigenvalue weighted by atomic mass is 9.98. The van der Waals surface area contributed by atoms with Crippen molar-refractivity contribution in [3.05, 3.63) is 23.8 Å². The fourth-order valence-corrected chi connectivity index (χ4v) is 2.22. The van der Waals surface area contributed by atoms with Crippen LogP contribution in [0.15, 0.2) is 18.2 Å². The maximum atomic E-state index is 11.5. The highest BCUT2D eigenvalue weighted by Crippen LogP contribution is 2.45. The van der Waals surface area contributed by atoms with E-state index in [1.807, 2.05) is 18.2 Å². The zero-order chi connectivity index (χ0) is 11.1. The predicted molar refractivity (Wildman–Crippen MR) is 60.6 cm³/mol. The Morgan fingerprint density at radius 3 is 2.88 bits per heavy atom. The largest absolute Gasteiger partial charge is 0.497 e. The van der Waals surface area contributed by atoms with Gasteiger partial charge in [-0.1, -0.05) is 6.07 Å². The lowest BCUT2D eigenvalue weighted by molar-refractivity contribution is 0.245. The fraction of sp³-hybridized carbons (Fsp3) is 0.417. The molecule has 2 N–H and O–H groups in total. The van der Waals surface area contributed by atoms with E-state index < -0.39 is 0 Å². The molecule has 4 heteroatoms. The maximum Gasteiger partial charge on any atom is 0.319 e. The molecule has 0 bridgehead atoms. The number of methoxy groups -OCH3 is 1. The standard InChI is InChI=1S/C12H14N2O2/c1-16-8-4-5-9-10(6-8)13-12(15)14-11(9)7-2-3-7/h4-7,11H,2-3H2,1H3,(H2,13,14,15). The summed E-state index contributed by atoms with van der Waals surface area (Å²) in [5.74, 6) is 1.38. The molecular formula is C12H14N2O2. The van der Waals surface area contributed by atoms with E-state index in [0.717, 1.165) is 11.4 Å². The monoisotopic (exact) mass is 218 g/mol. The van der Waals surface area contributed by atoms with E-state index in [1.165, 1.54) is 18.4 Å². The van der Waals surface area contributed by atoms with Crippen LogP contribution in [0.4, 0.5) is 10.5 Å². The van der Waals surface area contributed by atoms with E-state index in [0.29, 0.717) is 5.92 Å². The van der Waals surface area contributed by atoms with Crippen molar-refractivity contribution in [2.75, 3.05) is 12.4 Å². The van der Waals surface area contributed by atoms with Crippen LogP contribution in [-0.2, 0) is 0 Å². The zero-order valence-corrected chi connectivity index (χ0v) is 9.12. The number of ether oxygens (including phenoxy) is 1. The fourth-order valence-electron chi connectivity index (χ4n) is 2.22. The second kappa shape index (κ2) is 3.40. The Morgan fingerprint density at radius 2 is 2.19 bits per heavy atom. The number of benzene rings is 1.